The highest BCUT2D eigenvalue weighted by Gasteiger charge is 2.47. The molecular weight excluding hydrogens is 253 g/mol. The van der Waals surface area contributed by atoms with Crippen molar-refractivity contribution in [3.63, 3.8) is 0 Å². The summed E-state index contributed by atoms with van der Waals surface area (Å²) in [4.78, 5) is 23.3. The van der Waals surface area contributed by atoms with Crippen molar-refractivity contribution >= 4 is 11.9 Å². The van der Waals surface area contributed by atoms with E-state index in [1.54, 1.807) is 20.8 Å². The predicted octanol–water partition coefficient (Wildman–Crippen LogP) is 1.41. The molecule has 0 spiro atoms. The van der Waals surface area contributed by atoms with Crippen molar-refractivity contribution in [2.24, 2.45) is 5.73 Å². The van der Waals surface area contributed by atoms with Crippen molar-refractivity contribution in [3.8, 4) is 0 Å². The standard InChI is InChI=1S/C13H16FNO4/c1-12(2,3)19-11(18)13(15,10(16)17)8-5-4-6-9(14)7-8/h4-7H,15H2,1-3H3,(H,16,17)/t13-/m0/s1. The number of carboxylic acids is 1. The summed E-state index contributed by atoms with van der Waals surface area (Å²) in [7, 11) is 0. The van der Waals surface area contributed by atoms with Crippen molar-refractivity contribution in [1.82, 2.24) is 0 Å². The molecule has 0 saturated carbocycles. The van der Waals surface area contributed by atoms with Gasteiger partial charge in [0.15, 0.2) is 0 Å². The maximum absolute atomic E-state index is 13.2. The van der Waals surface area contributed by atoms with Gasteiger partial charge in [0.05, 0.1) is 0 Å². The molecule has 0 fully saturated rings. The normalized spacial score (nSPS) is 14.6. The summed E-state index contributed by atoms with van der Waals surface area (Å²) in [6.45, 7) is 4.75. The molecule has 0 aromatic heterocycles. The molecule has 1 rings (SSSR count). The number of carboxylic acid groups (broad SMARTS) is 1. The lowest BCUT2D eigenvalue weighted by Gasteiger charge is -2.28. The van der Waals surface area contributed by atoms with E-state index in [9.17, 15) is 19.1 Å². The van der Waals surface area contributed by atoms with Gasteiger partial charge in [0.1, 0.15) is 11.4 Å². The highest BCUT2D eigenvalue weighted by molar-refractivity contribution is 6.04. The molecule has 3 N–H and O–H groups in total. The zero-order valence-electron chi connectivity index (χ0n) is 10.9. The van der Waals surface area contributed by atoms with E-state index in [1.165, 1.54) is 12.1 Å². The van der Waals surface area contributed by atoms with Crippen LogP contribution in [0.3, 0.4) is 0 Å². The molecule has 1 aromatic rings. The second kappa shape index (κ2) is 4.97. The molecule has 0 saturated heterocycles. The molecule has 0 unspecified atom stereocenters. The van der Waals surface area contributed by atoms with Crippen LogP contribution in [0, 0.1) is 5.82 Å². The number of hydrogen-bond acceptors (Lipinski definition) is 4. The lowest BCUT2D eigenvalue weighted by Crippen LogP contribution is -2.54. The minimum absolute atomic E-state index is 0.172. The first-order valence-corrected chi connectivity index (χ1v) is 5.59. The number of esters is 1. The number of halogens is 1. The molecule has 104 valence electrons. The molecule has 0 aliphatic carbocycles. The van der Waals surface area contributed by atoms with Gasteiger partial charge >= 0.3 is 11.9 Å². The number of carbonyl (C=O) groups excluding carboxylic acids is 1. The Morgan fingerprint density at radius 3 is 2.32 bits per heavy atom. The second-order valence-corrected chi connectivity index (χ2v) is 5.13. The first kappa shape index (κ1) is 15.1. The Kier molecular flexibility index (Phi) is 3.95. The minimum Gasteiger partial charge on any atom is -0.479 e. The van der Waals surface area contributed by atoms with Crippen LogP contribution in [0.2, 0.25) is 0 Å². The van der Waals surface area contributed by atoms with Crippen LogP contribution in [0.15, 0.2) is 24.3 Å². The van der Waals surface area contributed by atoms with E-state index >= 15 is 0 Å². The van der Waals surface area contributed by atoms with Gasteiger partial charge in [-0.2, -0.15) is 0 Å². The highest BCUT2D eigenvalue weighted by Crippen LogP contribution is 2.24. The third-order valence-corrected chi connectivity index (χ3v) is 2.34. The lowest BCUT2D eigenvalue weighted by atomic mass is 9.91. The predicted molar refractivity (Wildman–Crippen MR) is 65.7 cm³/mol. The zero-order chi connectivity index (χ0) is 14.8. The highest BCUT2D eigenvalue weighted by atomic mass is 19.1. The Morgan fingerprint density at radius 2 is 1.89 bits per heavy atom. The SMILES string of the molecule is CC(C)(C)OC(=O)[C@@](N)(C(=O)O)c1cccc(F)c1. The van der Waals surface area contributed by atoms with E-state index in [0.29, 0.717) is 0 Å². The fourth-order valence-electron chi connectivity index (χ4n) is 1.42. The monoisotopic (exact) mass is 269 g/mol. The summed E-state index contributed by atoms with van der Waals surface area (Å²) >= 11 is 0. The van der Waals surface area contributed by atoms with Gasteiger partial charge in [0.2, 0.25) is 5.54 Å². The fourth-order valence-corrected chi connectivity index (χ4v) is 1.42. The zero-order valence-corrected chi connectivity index (χ0v) is 10.9. The average molecular weight is 269 g/mol. The average Bonchev–Trinajstić information content (AvgIpc) is 2.25. The van der Waals surface area contributed by atoms with Gasteiger partial charge in [-0.05, 0) is 38.5 Å². The molecular formula is C13H16FNO4. The third-order valence-electron chi connectivity index (χ3n) is 2.34. The van der Waals surface area contributed by atoms with Crippen molar-refractivity contribution in [1.29, 1.82) is 0 Å². The van der Waals surface area contributed by atoms with E-state index in [4.69, 9.17) is 10.5 Å². The Bertz CT molecular complexity index is 510. The maximum Gasteiger partial charge on any atom is 0.343 e. The molecule has 0 aliphatic rings. The van der Waals surface area contributed by atoms with Crippen LogP contribution in [0.5, 0.6) is 0 Å². The van der Waals surface area contributed by atoms with Gasteiger partial charge < -0.3 is 15.6 Å². The van der Waals surface area contributed by atoms with Crippen LogP contribution in [0.1, 0.15) is 26.3 Å². The number of aliphatic carboxylic acids is 1. The van der Waals surface area contributed by atoms with Gasteiger partial charge in [0, 0.05) is 0 Å². The van der Waals surface area contributed by atoms with Crippen LogP contribution >= 0.6 is 0 Å². The van der Waals surface area contributed by atoms with Gasteiger partial charge in [-0.25, -0.2) is 14.0 Å². The second-order valence-electron chi connectivity index (χ2n) is 5.13. The summed E-state index contributed by atoms with van der Waals surface area (Å²) < 4.78 is 18.2. The van der Waals surface area contributed by atoms with Crippen LogP contribution in [-0.4, -0.2) is 22.6 Å². The molecule has 6 heteroatoms. The molecule has 1 atom stereocenters. The molecule has 0 aliphatic heterocycles. The van der Waals surface area contributed by atoms with Crippen molar-refractivity contribution in [3.05, 3.63) is 35.6 Å². The minimum atomic E-state index is -2.44. The molecule has 0 heterocycles. The first-order valence-electron chi connectivity index (χ1n) is 5.59. The lowest BCUT2D eigenvalue weighted by molar-refractivity contribution is -0.169. The van der Waals surface area contributed by atoms with E-state index < -0.39 is 28.9 Å². The van der Waals surface area contributed by atoms with E-state index in [1.807, 2.05) is 0 Å². The topological polar surface area (TPSA) is 89.6 Å². The molecule has 0 bridgehead atoms. The molecule has 0 amide bonds. The summed E-state index contributed by atoms with van der Waals surface area (Å²) in [6, 6.07) is 4.57. The van der Waals surface area contributed by atoms with Crippen molar-refractivity contribution in [2.75, 3.05) is 0 Å². The number of benzene rings is 1. The van der Waals surface area contributed by atoms with Crippen LogP contribution in [-0.2, 0) is 19.9 Å². The van der Waals surface area contributed by atoms with Crippen LogP contribution in [0.25, 0.3) is 0 Å². The molecule has 0 radical (unpaired) electrons. The number of rotatable bonds is 3. The number of ether oxygens (including phenoxy) is 1. The molecule has 1 aromatic carbocycles. The van der Waals surface area contributed by atoms with E-state index in [-0.39, 0.29) is 5.56 Å². The number of hydrogen-bond donors (Lipinski definition) is 2. The van der Waals surface area contributed by atoms with Gasteiger partial charge in [-0.1, -0.05) is 12.1 Å². The maximum atomic E-state index is 13.2. The summed E-state index contributed by atoms with van der Waals surface area (Å²) in [6.07, 6.45) is 0. The largest absolute Gasteiger partial charge is 0.479 e. The number of carbonyl (C=O) groups is 2. The van der Waals surface area contributed by atoms with Gasteiger partial charge in [0.25, 0.3) is 0 Å². The quantitative estimate of drug-likeness (QED) is 0.639. The Morgan fingerprint density at radius 1 is 1.32 bits per heavy atom. The molecule has 19 heavy (non-hydrogen) atoms. The molecule has 5 nitrogen and oxygen atoms in total. The smallest absolute Gasteiger partial charge is 0.343 e. The summed E-state index contributed by atoms with van der Waals surface area (Å²) in [5.74, 6) is -3.43. The summed E-state index contributed by atoms with van der Waals surface area (Å²) in [5, 5.41) is 9.20. The van der Waals surface area contributed by atoms with Crippen LogP contribution in [0.4, 0.5) is 4.39 Å². The van der Waals surface area contributed by atoms with Crippen molar-refractivity contribution in [2.45, 2.75) is 31.9 Å². The van der Waals surface area contributed by atoms with Gasteiger partial charge in [-0.3, -0.25) is 0 Å². The Balaban J connectivity index is 3.25. The Labute approximate surface area is 110 Å². The van der Waals surface area contributed by atoms with E-state index in [2.05, 4.69) is 0 Å². The Hall–Kier alpha value is -1.95. The number of nitrogens with two attached hydrogens (primary N) is 1. The van der Waals surface area contributed by atoms with Gasteiger partial charge in [-0.15, -0.1) is 0 Å². The third kappa shape index (κ3) is 3.29. The summed E-state index contributed by atoms with van der Waals surface area (Å²) in [5.41, 5.74) is 2.14. The van der Waals surface area contributed by atoms with Crippen molar-refractivity contribution < 1.29 is 23.8 Å². The fraction of sp³-hybridized carbons (Fsp3) is 0.385. The van der Waals surface area contributed by atoms with E-state index in [0.717, 1.165) is 12.1 Å². The van der Waals surface area contributed by atoms with Crippen LogP contribution < -0.4 is 5.73 Å². The first-order chi connectivity index (χ1) is 8.57.